The van der Waals surface area contributed by atoms with Crippen molar-refractivity contribution in [2.24, 2.45) is 5.92 Å². The average Bonchev–Trinajstić information content (AvgIpc) is 3.18. The van der Waals surface area contributed by atoms with Crippen molar-refractivity contribution >= 4 is 5.97 Å². The second-order valence-corrected chi connectivity index (χ2v) is 18.0. The van der Waals surface area contributed by atoms with Gasteiger partial charge in [-0.2, -0.15) is 0 Å². The van der Waals surface area contributed by atoms with Crippen LogP contribution in [0.1, 0.15) is 297 Å². The van der Waals surface area contributed by atoms with E-state index in [-0.39, 0.29) is 5.97 Å². The lowest BCUT2D eigenvalue weighted by Gasteiger charge is -2.06. The summed E-state index contributed by atoms with van der Waals surface area (Å²) in [4.78, 5) is 12.0. The quantitative estimate of drug-likeness (QED) is 0.0350. The molecule has 0 aromatic heterocycles. The average molecular weight is 771 g/mol. The molecule has 0 aliphatic carbocycles. The molecule has 0 aromatic carbocycles. The summed E-state index contributed by atoms with van der Waals surface area (Å²) in [5, 5.41) is 0. The third-order valence-electron chi connectivity index (χ3n) is 11.8. The summed E-state index contributed by atoms with van der Waals surface area (Å²) in [6, 6.07) is 0. The Morgan fingerprint density at radius 2 is 0.691 bits per heavy atom. The Bertz CT molecular complexity index is 766. The molecule has 0 bridgehead atoms. The molecule has 0 spiro atoms. The summed E-state index contributed by atoms with van der Waals surface area (Å²) in [7, 11) is 0. The number of unbranched alkanes of at least 4 members (excludes halogenated alkanes) is 37. The number of hydrogen-bond acceptors (Lipinski definition) is 2. The van der Waals surface area contributed by atoms with Crippen molar-refractivity contribution in [3.63, 3.8) is 0 Å². The van der Waals surface area contributed by atoms with Gasteiger partial charge in [0, 0.05) is 6.42 Å². The van der Waals surface area contributed by atoms with E-state index in [0.29, 0.717) is 13.0 Å². The van der Waals surface area contributed by atoms with E-state index in [1.54, 1.807) is 0 Å². The van der Waals surface area contributed by atoms with E-state index < -0.39 is 0 Å². The fourth-order valence-electron chi connectivity index (χ4n) is 7.94. The van der Waals surface area contributed by atoms with Gasteiger partial charge in [0.1, 0.15) is 0 Å². The highest BCUT2D eigenvalue weighted by Gasteiger charge is 2.03. The molecule has 0 aromatic rings. The number of ether oxygens (including phenoxy) is 1. The van der Waals surface area contributed by atoms with Crippen molar-refractivity contribution in [2.45, 2.75) is 297 Å². The summed E-state index contributed by atoms with van der Waals surface area (Å²) in [5.74, 6) is 0.903. The predicted octanol–water partition coefficient (Wildman–Crippen LogP) is 19.1. The maximum absolute atomic E-state index is 12.0. The topological polar surface area (TPSA) is 26.3 Å². The van der Waals surface area contributed by atoms with E-state index >= 15 is 0 Å². The van der Waals surface area contributed by atoms with Crippen LogP contribution in [0, 0.1) is 5.92 Å². The maximum atomic E-state index is 12.0. The normalized spacial score (nSPS) is 11.9. The molecule has 55 heavy (non-hydrogen) atoms. The van der Waals surface area contributed by atoms with Crippen LogP contribution in [-0.2, 0) is 9.53 Å². The smallest absolute Gasteiger partial charge is 0.305 e. The van der Waals surface area contributed by atoms with Crippen molar-refractivity contribution in [2.75, 3.05) is 6.61 Å². The Labute approximate surface area is 348 Å². The Morgan fingerprint density at radius 3 is 1.05 bits per heavy atom. The number of carbonyl (C=O) groups excluding carboxylic acids is 1. The molecule has 0 rings (SSSR count). The number of hydrogen-bond donors (Lipinski definition) is 0. The van der Waals surface area contributed by atoms with Gasteiger partial charge < -0.3 is 4.74 Å². The molecule has 0 unspecified atom stereocenters. The first-order valence-electron chi connectivity index (χ1n) is 25.6. The molecular weight excluding hydrogens is 669 g/mol. The summed E-state index contributed by atoms with van der Waals surface area (Å²) >= 11 is 0. The van der Waals surface area contributed by atoms with Gasteiger partial charge in [-0.3, -0.25) is 4.79 Å². The number of esters is 1. The zero-order valence-corrected chi connectivity index (χ0v) is 38.3. The molecular formula is C53H102O2. The van der Waals surface area contributed by atoms with Crippen molar-refractivity contribution in [1.29, 1.82) is 0 Å². The van der Waals surface area contributed by atoms with Crippen molar-refractivity contribution < 1.29 is 9.53 Å². The minimum atomic E-state index is 0.0151. The van der Waals surface area contributed by atoms with Crippen LogP contribution in [0.3, 0.4) is 0 Å². The van der Waals surface area contributed by atoms with E-state index in [0.717, 1.165) is 31.6 Å². The van der Waals surface area contributed by atoms with Crippen LogP contribution in [0.15, 0.2) is 24.3 Å². The van der Waals surface area contributed by atoms with Crippen molar-refractivity contribution in [3.05, 3.63) is 24.3 Å². The molecule has 326 valence electrons. The van der Waals surface area contributed by atoms with E-state index in [9.17, 15) is 4.79 Å². The van der Waals surface area contributed by atoms with Gasteiger partial charge in [0.15, 0.2) is 0 Å². The Balaban J connectivity index is 3.16. The Hall–Kier alpha value is -1.05. The fourth-order valence-corrected chi connectivity index (χ4v) is 7.94. The van der Waals surface area contributed by atoms with Crippen LogP contribution in [-0.4, -0.2) is 12.6 Å². The molecule has 0 atom stereocenters. The molecule has 0 amide bonds. The summed E-state index contributed by atoms with van der Waals surface area (Å²) < 4.78 is 5.48. The van der Waals surface area contributed by atoms with E-state index in [1.807, 2.05) is 0 Å². The van der Waals surface area contributed by atoms with Crippen LogP contribution in [0.4, 0.5) is 0 Å². The van der Waals surface area contributed by atoms with Crippen LogP contribution in [0.5, 0.6) is 0 Å². The largest absolute Gasteiger partial charge is 0.466 e. The summed E-state index contributed by atoms with van der Waals surface area (Å²) in [6.45, 7) is 7.58. The molecule has 0 fully saturated rings. The zero-order valence-electron chi connectivity index (χ0n) is 38.3. The molecule has 0 heterocycles. The summed E-state index contributed by atoms with van der Waals surface area (Å²) in [5.41, 5.74) is 0. The first kappa shape index (κ1) is 53.9. The zero-order chi connectivity index (χ0) is 39.8. The van der Waals surface area contributed by atoms with Gasteiger partial charge in [0.25, 0.3) is 0 Å². The van der Waals surface area contributed by atoms with Gasteiger partial charge >= 0.3 is 5.97 Å². The lowest BCUT2D eigenvalue weighted by Crippen LogP contribution is -2.05. The van der Waals surface area contributed by atoms with Crippen LogP contribution in [0.2, 0.25) is 0 Å². The van der Waals surface area contributed by atoms with Gasteiger partial charge in [-0.25, -0.2) is 0 Å². The van der Waals surface area contributed by atoms with Gasteiger partial charge in [-0.05, 0) is 50.9 Å². The Kier molecular flexibility index (Phi) is 48.2. The molecule has 0 N–H and O–H groups in total. The molecule has 0 radical (unpaired) electrons. The van der Waals surface area contributed by atoms with Crippen molar-refractivity contribution in [1.82, 2.24) is 0 Å². The molecule has 0 aliphatic heterocycles. The highest BCUT2D eigenvalue weighted by Crippen LogP contribution is 2.17. The minimum absolute atomic E-state index is 0.0151. The molecule has 2 heteroatoms. The third-order valence-corrected chi connectivity index (χ3v) is 11.8. The molecule has 0 saturated carbocycles. The van der Waals surface area contributed by atoms with Crippen LogP contribution < -0.4 is 0 Å². The fraction of sp³-hybridized carbons (Fsp3) is 0.906. The SMILES string of the molecule is CCCCC/C=C\C/C=C\CCCCCCCC(=O)OCCCCCCCCCCCCCCCCCCCCCCCCCCCCCCCCC(C)C. The number of carbonyl (C=O) groups is 1. The first-order valence-corrected chi connectivity index (χ1v) is 25.6. The van der Waals surface area contributed by atoms with Crippen LogP contribution in [0.25, 0.3) is 0 Å². The lowest BCUT2D eigenvalue weighted by atomic mass is 10.0. The maximum Gasteiger partial charge on any atom is 0.305 e. The third kappa shape index (κ3) is 50.9. The number of rotatable bonds is 47. The van der Waals surface area contributed by atoms with E-state index in [1.165, 1.54) is 244 Å². The predicted molar refractivity (Wildman–Crippen MR) is 248 cm³/mol. The molecule has 0 aliphatic rings. The van der Waals surface area contributed by atoms with E-state index in [2.05, 4.69) is 45.1 Å². The second-order valence-electron chi connectivity index (χ2n) is 18.0. The first-order chi connectivity index (χ1) is 27.2. The van der Waals surface area contributed by atoms with Gasteiger partial charge in [0.2, 0.25) is 0 Å². The van der Waals surface area contributed by atoms with Gasteiger partial charge in [-0.1, -0.05) is 270 Å². The highest BCUT2D eigenvalue weighted by atomic mass is 16.5. The van der Waals surface area contributed by atoms with Crippen molar-refractivity contribution in [3.8, 4) is 0 Å². The second kappa shape index (κ2) is 49.1. The van der Waals surface area contributed by atoms with Crippen LogP contribution >= 0.6 is 0 Å². The minimum Gasteiger partial charge on any atom is -0.466 e. The monoisotopic (exact) mass is 771 g/mol. The standard InChI is InChI=1S/C53H102O2/c1-4-5-6-7-8-9-10-11-28-32-35-38-41-44-47-50-53(54)55-51-48-45-42-39-36-33-30-27-25-23-21-19-17-15-13-12-14-16-18-20-22-24-26-29-31-34-37-40-43-46-49-52(2)3/h8-9,11,28,52H,4-7,10,12-27,29-51H2,1-3H3/b9-8-,28-11-. The Morgan fingerprint density at radius 1 is 0.382 bits per heavy atom. The lowest BCUT2D eigenvalue weighted by molar-refractivity contribution is -0.143. The van der Waals surface area contributed by atoms with Gasteiger partial charge in [-0.15, -0.1) is 0 Å². The number of allylic oxidation sites excluding steroid dienone is 4. The van der Waals surface area contributed by atoms with E-state index in [4.69, 9.17) is 4.74 Å². The summed E-state index contributed by atoms with van der Waals surface area (Å²) in [6.07, 6.45) is 67.5. The molecule has 2 nitrogen and oxygen atoms in total. The highest BCUT2D eigenvalue weighted by molar-refractivity contribution is 5.69. The van der Waals surface area contributed by atoms with Gasteiger partial charge in [0.05, 0.1) is 6.61 Å². The molecule has 0 saturated heterocycles.